The van der Waals surface area contributed by atoms with Gasteiger partial charge in [-0.1, -0.05) is 11.6 Å². The van der Waals surface area contributed by atoms with Gasteiger partial charge in [-0.15, -0.1) is 11.3 Å². The van der Waals surface area contributed by atoms with Crippen LogP contribution in [0.1, 0.15) is 15.2 Å². The van der Waals surface area contributed by atoms with Gasteiger partial charge in [-0.25, -0.2) is 4.39 Å². The predicted octanol–water partition coefficient (Wildman–Crippen LogP) is 4.73. The van der Waals surface area contributed by atoms with Crippen molar-refractivity contribution in [1.29, 1.82) is 0 Å². The quantitative estimate of drug-likeness (QED) is 0.742. The first-order chi connectivity index (χ1) is 8.06. The molecule has 5 heteroatoms. The highest BCUT2D eigenvalue weighted by molar-refractivity contribution is 9.11. The topological polar surface area (TPSA) is 17.1 Å². The Morgan fingerprint density at radius 1 is 1.35 bits per heavy atom. The van der Waals surface area contributed by atoms with Gasteiger partial charge in [0, 0.05) is 16.3 Å². The van der Waals surface area contributed by atoms with Crippen LogP contribution >= 0.6 is 38.9 Å². The van der Waals surface area contributed by atoms with E-state index in [1.54, 1.807) is 0 Å². The highest BCUT2D eigenvalue weighted by Gasteiger charge is 2.13. The van der Waals surface area contributed by atoms with Crippen molar-refractivity contribution in [2.75, 3.05) is 0 Å². The zero-order valence-electron chi connectivity index (χ0n) is 8.54. The molecule has 0 aliphatic carbocycles. The Labute approximate surface area is 115 Å². The van der Waals surface area contributed by atoms with E-state index in [9.17, 15) is 9.18 Å². The fraction of sp³-hybridized carbons (Fsp3) is 0.0833. The van der Waals surface area contributed by atoms with Gasteiger partial charge in [0.15, 0.2) is 5.78 Å². The molecule has 0 bridgehead atoms. The number of benzene rings is 1. The van der Waals surface area contributed by atoms with Crippen molar-refractivity contribution in [2.24, 2.45) is 0 Å². The third-order valence-electron chi connectivity index (χ3n) is 2.20. The second-order valence-corrected chi connectivity index (χ2v) is 6.41. The maximum Gasteiger partial charge on any atom is 0.171 e. The van der Waals surface area contributed by atoms with Crippen molar-refractivity contribution in [3.05, 3.63) is 55.4 Å². The normalized spacial score (nSPS) is 10.5. The van der Waals surface area contributed by atoms with Crippen molar-refractivity contribution >= 4 is 44.7 Å². The van der Waals surface area contributed by atoms with Crippen LogP contribution in [0.25, 0.3) is 0 Å². The summed E-state index contributed by atoms with van der Waals surface area (Å²) in [6.45, 7) is 0. The summed E-state index contributed by atoms with van der Waals surface area (Å²) in [5, 5.41) is 0.290. The van der Waals surface area contributed by atoms with Crippen LogP contribution in [-0.4, -0.2) is 5.78 Å². The van der Waals surface area contributed by atoms with Gasteiger partial charge >= 0.3 is 0 Å². The number of halogens is 3. The molecule has 2 aromatic rings. The predicted molar refractivity (Wildman–Crippen MR) is 71.5 cm³/mol. The minimum atomic E-state index is -0.571. The molecule has 1 nitrogen and oxygen atoms in total. The van der Waals surface area contributed by atoms with Crippen LogP contribution in [0.15, 0.2) is 34.1 Å². The van der Waals surface area contributed by atoms with E-state index in [0.717, 1.165) is 14.7 Å². The van der Waals surface area contributed by atoms with Crippen LogP contribution in [0.5, 0.6) is 0 Å². The molecule has 17 heavy (non-hydrogen) atoms. The number of hydrogen-bond donors (Lipinski definition) is 0. The van der Waals surface area contributed by atoms with Crippen LogP contribution < -0.4 is 0 Å². The smallest absolute Gasteiger partial charge is 0.171 e. The van der Waals surface area contributed by atoms with E-state index >= 15 is 0 Å². The van der Waals surface area contributed by atoms with E-state index in [1.165, 1.54) is 23.5 Å². The first kappa shape index (κ1) is 12.7. The third kappa shape index (κ3) is 3.15. The van der Waals surface area contributed by atoms with E-state index in [1.807, 2.05) is 12.1 Å². The Bertz CT molecular complexity index is 567. The van der Waals surface area contributed by atoms with Gasteiger partial charge in [-0.2, -0.15) is 0 Å². The second kappa shape index (κ2) is 5.29. The van der Waals surface area contributed by atoms with E-state index in [4.69, 9.17) is 11.6 Å². The van der Waals surface area contributed by atoms with Crippen LogP contribution in [0.3, 0.4) is 0 Å². The number of hydrogen-bond acceptors (Lipinski definition) is 2. The summed E-state index contributed by atoms with van der Waals surface area (Å²) >= 11 is 10.4. The van der Waals surface area contributed by atoms with Crippen molar-refractivity contribution in [2.45, 2.75) is 6.42 Å². The number of ketones is 1. The lowest BCUT2D eigenvalue weighted by atomic mass is 10.1. The lowest BCUT2D eigenvalue weighted by molar-refractivity contribution is 0.0990. The molecule has 0 amide bonds. The molecular formula is C12H7BrClFOS. The second-order valence-electron chi connectivity index (χ2n) is 3.43. The highest BCUT2D eigenvalue weighted by atomic mass is 79.9. The molecule has 1 heterocycles. The number of carbonyl (C=O) groups excluding carboxylic acids is 1. The summed E-state index contributed by atoms with van der Waals surface area (Å²) in [7, 11) is 0. The molecule has 0 saturated carbocycles. The maximum atomic E-state index is 13.5. The minimum absolute atomic E-state index is 0.0823. The van der Waals surface area contributed by atoms with Crippen molar-refractivity contribution in [3.8, 4) is 0 Å². The summed E-state index contributed by atoms with van der Waals surface area (Å²) < 4.78 is 14.5. The van der Waals surface area contributed by atoms with Crippen molar-refractivity contribution < 1.29 is 9.18 Å². The number of Topliss-reactive ketones (excluding diaryl/α,β-unsaturated/α-hetero) is 1. The molecule has 0 spiro atoms. The van der Waals surface area contributed by atoms with Gasteiger partial charge < -0.3 is 0 Å². The van der Waals surface area contributed by atoms with Crippen LogP contribution in [0.4, 0.5) is 4.39 Å². The first-order valence-corrected chi connectivity index (χ1v) is 6.77. The van der Waals surface area contributed by atoms with E-state index < -0.39 is 5.82 Å². The largest absolute Gasteiger partial charge is 0.294 e. The Hall–Kier alpha value is -0.710. The summed E-state index contributed by atoms with van der Waals surface area (Å²) in [5.41, 5.74) is 0.0823. The summed E-state index contributed by atoms with van der Waals surface area (Å²) in [6.07, 6.45) is 0.203. The van der Waals surface area contributed by atoms with Crippen molar-refractivity contribution in [3.63, 3.8) is 0 Å². The number of thiophene rings is 1. The average Bonchev–Trinajstić information content (AvgIpc) is 2.63. The molecule has 2 rings (SSSR count). The molecule has 1 aromatic carbocycles. The lowest BCUT2D eigenvalue weighted by Gasteiger charge is -2.01. The molecule has 0 aliphatic rings. The summed E-state index contributed by atoms with van der Waals surface area (Å²) in [5.74, 6) is -0.813. The van der Waals surface area contributed by atoms with Gasteiger partial charge in [0.05, 0.1) is 9.35 Å². The van der Waals surface area contributed by atoms with Crippen LogP contribution in [0.2, 0.25) is 5.02 Å². The molecule has 0 unspecified atom stereocenters. The average molecular weight is 334 g/mol. The summed E-state index contributed by atoms with van der Waals surface area (Å²) in [4.78, 5) is 12.8. The minimum Gasteiger partial charge on any atom is -0.294 e. The Morgan fingerprint density at radius 3 is 2.71 bits per heavy atom. The molecule has 0 radical (unpaired) electrons. The monoisotopic (exact) mass is 332 g/mol. The Morgan fingerprint density at radius 2 is 2.12 bits per heavy atom. The van der Waals surface area contributed by atoms with E-state index in [0.29, 0.717) is 0 Å². The number of rotatable bonds is 3. The molecular weight excluding hydrogens is 327 g/mol. The summed E-state index contributed by atoms with van der Waals surface area (Å²) in [6, 6.07) is 7.80. The van der Waals surface area contributed by atoms with Crippen LogP contribution in [0, 0.1) is 5.82 Å². The zero-order chi connectivity index (χ0) is 12.4. The van der Waals surface area contributed by atoms with Gasteiger partial charge in [0.2, 0.25) is 0 Å². The zero-order valence-corrected chi connectivity index (χ0v) is 11.7. The highest BCUT2D eigenvalue weighted by Crippen LogP contribution is 2.24. The molecule has 0 aliphatic heterocycles. The van der Waals surface area contributed by atoms with Gasteiger partial charge in [-0.3, -0.25) is 4.79 Å². The van der Waals surface area contributed by atoms with Gasteiger partial charge in [-0.05, 0) is 46.3 Å². The first-order valence-electron chi connectivity index (χ1n) is 4.79. The fourth-order valence-electron chi connectivity index (χ4n) is 1.42. The molecule has 0 N–H and O–H groups in total. The lowest BCUT2D eigenvalue weighted by Crippen LogP contribution is -2.04. The van der Waals surface area contributed by atoms with E-state index in [-0.39, 0.29) is 22.8 Å². The Kier molecular flexibility index (Phi) is 3.97. The molecule has 0 atom stereocenters. The standard InChI is InChI=1S/C12H7BrClFOS/c13-12-4-2-8(17-12)6-11(16)9-3-1-7(14)5-10(9)15/h1-5H,6H2. The van der Waals surface area contributed by atoms with E-state index in [2.05, 4.69) is 15.9 Å². The fourth-order valence-corrected chi connectivity index (χ4v) is 3.06. The molecule has 1 aromatic heterocycles. The number of carbonyl (C=O) groups is 1. The molecule has 0 fully saturated rings. The molecule has 88 valence electrons. The van der Waals surface area contributed by atoms with Crippen molar-refractivity contribution in [1.82, 2.24) is 0 Å². The van der Waals surface area contributed by atoms with Gasteiger partial charge in [0.1, 0.15) is 5.82 Å². The Balaban J connectivity index is 2.20. The SMILES string of the molecule is O=C(Cc1ccc(Br)s1)c1ccc(Cl)cc1F. The third-order valence-corrected chi connectivity index (χ3v) is 4.05. The maximum absolute atomic E-state index is 13.5. The van der Waals surface area contributed by atoms with Crippen LogP contribution in [-0.2, 0) is 6.42 Å². The van der Waals surface area contributed by atoms with Gasteiger partial charge in [0.25, 0.3) is 0 Å². The molecule has 0 saturated heterocycles.